The number of benzene rings is 1. The summed E-state index contributed by atoms with van der Waals surface area (Å²) in [4.78, 5) is 2.03. The lowest BCUT2D eigenvalue weighted by Gasteiger charge is -2.33. The summed E-state index contributed by atoms with van der Waals surface area (Å²) in [7, 11) is 0. The predicted molar refractivity (Wildman–Crippen MR) is 105 cm³/mol. The molecular formula is C19H26F3N3OS. The van der Waals surface area contributed by atoms with Crippen molar-refractivity contribution in [1.29, 1.82) is 0 Å². The lowest BCUT2D eigenvalue weighted by Crippen LogP contribution is -2.43. The molecule has 1 saturated carbocycles. The molecule has 1 aliphatic carbocycles. The standard InChI is InChI=1S/C19H26F3N3OS/c1-13-4-2-3-5-15(13)23-18(27)24-16-12-14(19(20,21)22)6-7-17(16)25-8-10-26-11-9-25/h6-7,12-13,15H,2-5,8-11H2,1H3,(H2,23,24,27). The van der Waals surface area contributed by atoms with E-state index in [1.54, 1.807) is 0 Å². The monoisotopic (exact) mass is 401 g/mol. The van der Waals surface area contributed by atoms with E-state index in [2.05, 4.69) is 17.6 Å². The summed E-state index contributed by atoms with van der Waals surface area (Å²) in [5.41, 5.74) is 0.413. The molecule has 0 spiro atoms. The number of nitrogens with one attached hydrogen (secondary N) is 2. The van der Waals surface area contributed by atoms with Crippen LogP contribution in [0.15, 0.2) is 18.2 Å². The molecule has 27 heavy (non-hydrogen) atoms. The first kappa shape index (κ1) is 20.2. The summed E-state index contributed by atoms with van der Waals surface area (Å²) >= 11 is 5.42. The molecule has 4 nitrogen and oxygen atoms in total. The van der Waals surface area contributed by atoms with E-state index in [9.17, 15) is 13.2 Å². The smallest absolute Gasteiger partial charge is 0.378 e. The average molecular weight is 401 g/mol. The molecule has 0 aromatic heterocycles. The van der Waals surface area contributed by atoms with E-state index in [0.717, 1.165) is 31.4 Å². The number of rotatable bonds is 3. The van der Waals surface area contributed by atoms with E-state index in [-0.39, 0.29) is 6.04 Å². The molecule has 150 valence electrons. The normalized spacial score (nSPS) is 23.8. The van der Waals surface area contributed by atoms with Crippen LogP contribution in [0.25, 0.3) is 0 Å². The average Bonchev–Trinajstić information content (AvgIpc) is 2.63. The number of nitrogens with zero attached hydrogens (tertiary/aromatic N) is 1. The summed E-state index contributed by atoms with van der Waals surface area (Å²) in [6, 6.07) is 4.04. The molecule has 0 radical (unpaired) electrons. The Labute approximate surface area is 163 Å². The highest BCUT2D eigenvalue weighted by molar-refractivity contribution is 7.80. The van der Waals surface area contributed by atoms with E-state index in [1.807, 2.05) is 4.90 Å². The Hall–Kier alpha value is -1.54. The van der Waals surface area contributed by atoms with Gasteiger partial charge in [-0.2, -0.15) is 13.2 Å². The van der Waals surface area contributed by atoms with Crippen molar-refractivity contribution >= 4 is 28.7 Å². The van der Waals surface area contributed by atoms with Crippen LogP contribution in [0.5, 0.6) is 0 Å². The summed E-state index contributed by atoms with van der Waals surface area (Å²) in [6.45, 7) is 4.58. The summed E-state index contributed by atoms with van der Waals surface area (Å²) in [6.07, 6.45) is 0.138. The number of thiocarbonyl (C=S) groups is 1. The van der Waals surface area contributed by atoms with Crippen LogP contribution in [0.3, 0.4) is 0 Å². The van der Waals surface area contributed by atoms with Crippen molar-refractivity contribution in [2.45, 2.75) is 44.8 Å². The number of ether oxygens (including phenoxy) is 1. The molecule has 2 N–H and O–H groups in total. The Bertz CT molecular complexity index is 662. The number of anilines is 2. The molecule has 2 aliphatic rings. The first-order chi connectivity index (χ1) is 12.8. The van der Waals surface area contributed by atoms with Gasteiger partial charge in [0.15, 0.2) is 5.11 Å². The van der Waals surface area contributed by atoms with Gasteiger partial charge >= 0.3 is 6.18 Å². The van der Waals surface area contributed by atoms with Gasteiger partial charge in [0.2, 0.25) is 0 Å². The zero-order valence-corrected chi connectivity index (χ0v) is 16.3. The Morgan fingerprint density at radius 3 is 2.56 bits per heavy atom. The number of morpholine rings is 1. The van der Waals surface area contributed by atoms with E-state index < -0.39 is 11.7 Å². The third-order valence-electron chi connectivity index (χ3n) is 5.35. The molecule has 0 amide bonds. The number of halogens is 3. The minimum Gasteiger partial charge on any atom is -0.378 e. The quantitative estimate of drug-likeness (QED) is 0.734. The minimum absolute atomic E-state index is 0.261. The Balaban J connectivity index is 1.78. The van der Waals surface area contributed by atoms with Crippen LogP contribution in [0.4, 0.5) is 24.5 Å². The molecule has 0 bridgehead atoms. The van der Waals surface area contributed by atoms with Gasteiger partial charge in [0.25, 0.3) is 0 Å². The maximum Gasteiger partial charge on any atom is 0.416 e. The van der Waals surface area contributed by atoms with Gasteiger partial charge in [-0.1, -0.05) is 19.8 Å². The van der Waals surface area contributed by atoms with Gasteiger partial charge in [-0.25, -0.2) is 0 Å². The van der Waals surface area contributed by atoms with Crippen LogP contribution in [0.2, 0.25) is 0 Å². The molecule has 1 heterocycles. The molecule has 1 aliphatic heterocycles. The van der Waals surface area contributed by atoms with Crippen LogP contribution in [0.1, 0.15) is 38.2 Å². The second-order valence-electron chi connectivity index (χ2n) is 7.30. The Morgan fingerprint density at radius 1 is 1.19 bits per heavy atom. The highest BCUT2D eigenvalue weighted by Crippen LogP contribution is 2.36. The highest BCUT2D eigenvalue weighted by Gasteiger charge is 2.32. The molecule has 1 saturated heterocycles. The topological polar surface area (TPSA) is 36.5 Å². The fraction of sp³-hybridized carbons (Fsp3) is 0.632. The number of hydrogen-bond acceptors (Lipinski definition) is 3. The summed E-state index contributed by atoms with van der Waals surface area (Å²) in [5.74, 6) is 0.499. The molecule has 1 aromatic carbocycles. The van der Waals surface area contributed by atoms with Crippen molar-refractivity contribution in [3.05, 3.63) is 23.8 Å². The third-order valence-corrected chi connectivity index (χ3v) is 5.57. The van der Waals surface area contributed by atoms with Crippen molar-refractivity contribution in [3.63, 3.8) is 0 Å². The second-order valence-corrected chi connectivity index (χ2v) is 7.70. The van der Waals surface area contributed by atoms with Gasteiger partial charge in [-0.3, -0.25) is 0 Å². The first-order valence-corrected chi connectivity index (χ1v) is 9.87. The molecule has 1 aromatic rings. The number of hydrogen-bond donors (Lipinski definition) is 2. The molecule has 8 heteroatoms. The van der Waals surface area contributed by atoms with Crippen molar-refractivity contribution in [3.8, 4) is 0 Å². The molecule has 3 rings (SSSR count). The van der Waals surface area contributed by atoms with Crippen LogP contribution in [-0.4, -0.2) is 37.5 Å². The SMILES string of the molecule is CC1CCCCC1NC(=S)Nc1cc(C(F)(F)F)ccc1N1CCOCC1. The molecular weight excluding hydrogens is 375 g/mol. The van der Waals surface area contributed by atoms with Crippen molar-refractivity contribution in [2.75, 3.05) is 36.5 Å². The molecule has 2 unspecified atom stereocenters. The molecule has 2 atom stereocenters. The van der Waals surface area contributed by atoms with Gasteiger partial charge < -0.3 is 20.3 Å². The number of alkyl halides is 3. The lowest BCUT2D eigenvalue weighted by molar-refractivity contribution is -0.137. The summed E-state index contributed by atoms with van der Waals surface area (Å²) in [5, 5.41) is 6.70. The zero-order chi connectivity index (χ0) is 19.4. The maximum atomic E-state index is 13.2. The lowest BCUT2D eigenvalue weighted by atomic mass is 9.86. The van der Waals surface area contributed by atoms with E-state index in [1.165, 1.54) is 12.5 Å². The Kier molecular flexibility index (Phi) is 6.47. The highest BCUT2D eigenvalue weighted by atomic mass is 32.1. The largest absolute Gasteiger partial charge is 0.416 e. The van der Waals surface area contributed by atoms with Crippen molar-refractivity contribution in [1.82, 2.24) is 5.32 Å². The van der Waals surface area contributed by atoms with Gasteiger partial charge in [-0.05, 0) is 49.2 Å². The van der Waals surface area contributed by atoms with Crippen LogP contribution >= 0.6 is 12.2 Å². The van der Waals surface area contributed by atoms with Crippen LogP contribution in [0, 0.1) is 5.92 Å². The predicted octanol–water partition coefficient (Wildman–Crippen LogP) is 4.41. The van der Waals surface area contributed by atoms with Gasteiger partial charge in [0.05, 0.1) is 30.2 Å². The van der Waals surface area contributed by atoms with E-state index in [4.69, 9.17) is 17.0 Å². The van der Waals surface area contributed by atoms with Crippen LogP contribution in [-0.2, 0) is 10.9 Å². The zero-order valence-electron chi connectivity index (χ0n) is 15.4. The molecule has 2 fully saturated rings. The van der Waals surface area contributed by atoms with Gasteiger partial charge in [-0.15, -0.1) is 0 Å². The fourth-order valence-electron chi connectivity index (χ4n) is 3.75. The maximum absolute atomic E-state index is 13.2. The third kappa shape index (κ3) is 5.25. The second kappa shape index (κ2) is 8.65. The Morgan fingerprint density at radius 2 is 1.89 bits per heavy atom. The minimum atomic E-state index is -4.40. The fourth-order valence-corrected chi connectivity index (χ4v) is 4.01. The summed E-state index contributed by atoms with van der Waals surface area (Å²) < 4.78 is 44.9. The van der Waals surface area contributed by atoms with Crippen molar-refractivity contribution in [2.24, 2.45) is 5.92 Å². The van der Waals surface area contributed by atoms with Gasteiger partial charge in [0, 0.05) is 19.1 Å². The van der Waals surface area contributed by atoms with Crippen LogP contribution < -0.4 is 15.5 Å². The van der Waals surface area contributed by atoms with Crippen molar-refractivity contribution < 1.29 is 17.9 Å². The van der Waals surface area contributed by atoms with E-state index in [0.29, 0.717) is 48.7 Å². The van der Waals surface area contributed by atoms with Gasteiger partial charge in [0.1, 0.15) is 0 Å². The van der Waals surface area contributed by atoms with E-state index >= 15 is 0 Å². The first-order valence-electron chi connectivity index (χ1n) is 9.46.